The van der Waals surface area contributed by atoms with Crippen LogP contribution in [-0.2, 0) is 13.6 Å². The molecule has 0 spiro atoms. The third-order valence-electron chi connectivity index (χ3n) is 2.15. The lowest BCUT2D eigenvalue weighted by Gasteiger charge is -2.03. The van der Waals surface area contributed by atoms with Crippen LogP contribution in [0.15, 0.2) is 30.5 Å². The number of hydrogen-bond donors (Lipinski definition) is 1. The van der Waals surface area contributed by atoms with Crippen LogP contribution < -0.4 is 5.32 Å². The smallest absolute Gasteiger partial charge is 0.102 e. The van der Waals surface area contributed by atoms with Gasteiger partial charge in [-0.3, -0.25) is 4.68 Å². The third-order valence-corrected chi connectivity index (χ3v) is 2.15. The second kappa shape index (κ2) is 4.49. The Hall–Kier alpha value is -2.28. The summed E-state index contributed by atoms with van der Waals surface area (Å²) in [6.07, 6.45) is 7.20. The van der Waals surface area contributed by atoms with E-state index in [0.717, 1.165) is 16.9 Å². The quantitative estimate of drug-likeness (QED) is 0.782. The highest BCUT2D eigenvalue weighted by Gasteiger charge is 1.98. The van der Waals surface area contributed by atoms with E-state index in [9.17, 15) is 0 Å². The summed E-state index contributed by atoms with van der Waals surface area (Å²) in [6.45, 7) is 0.641. The Morgan fingerprint density at radius 3 is 3.06 bits per heavy atom. The van der Waals surface area contributed by atoms with Gasteiger partial charge >= 0.3 is 0 Å². The molecular weight excluding hydrogens is 200 g/mol. The minimum absolute atomic E-state index is 0.641. The molecule has 0 unspecified atom stereocenters. The minimum atomic E-state index is 0.641. The number of aryl methyl sites for hydroxylation is 1. The molecule has 4 heteroatoms. The van der Waals surface area contributed by atoms with Crippen molar-refractivity contribution in [3.05, 3.63) is 41.7 Å². The molecule has 16 heavy (non-hydrogen) atoms. The van der Waals surface area contributed by atoms with Crippen molar-refractivity contribution in [1.82, 2.24) is 15.0 Å². The molecule has 0 aliphatic rings. The first-order valence-electron chi connectivity index (χ1n) is 4.93. The Morgan fingerprint density at radius 2 is 2.38 bits per heavy atom. The van der Waals surface area contributed by atoms with Crippen LogP contribution in [0.1, 0.15) is 11.3 Å². The average Bonchev–Trinajstić information content (AvgIpc) is 2.73. The molecule has 0 saturated carbocycles. The Labute approximate surface area is 94.3 Å². The van der Waals surface area contributed by atoms with Gasteiger partial charge in [0.2, 0.25) is 0 Å². The lowest BCUT2D eigenvalue weighted by atomic mass is 10.2. The molecule has 2 rings (SSSR count). The van der Waals surface area contributed by atoms with Gasteiger partial charge < -0.3 is 5.32 Å². The van der Waals surface area contributed by atoms with Crippen molar-refractivity contribution in [1.29, 1.82) is 0 Å². The molecule has 0 aliphatic carbocycles. The van der Waals surface area contributed by atoms with E-state index in [4.69, 9.17) is 6.42 Å². The van der Waals surface area contributed by atoms with E-state index in [1.807, 2.05) is 37.5 Å². The monoisotopic (exact) mass is 212 g/mol. The first kappa shape index (κ1) is 10.2. The van der Waals surface area contributed by atoms with Crippen molar-refractivity contribution in [3.8, 4) is 12.3 Å². The van der Waals surface area contributed by atoms with Crippen molar-refractivity contribution in [2.24, 2.45) is 7.05 Å². The molecule has 0 amide bonds. The first-order chi connectivity index (χ1) is 7.78. The molecule has 0 radical (unpaired) electrons. The van der Waals surface area contributed by atoms with E-state index >= 15 is 0 Å². The van der Waals surface area contributed by atoms with Crippen LogP contribution in [0.2, 0.25) is 0 Å². The van der Waals surface area contributed by atoms with Crippen LogP contribution in [0, 0.1) is 12.3 Å². The zero-order valence-electron chi connectivity index (χ0n) is 9.01. The summed E-state index contributed by atoms with van der Waals surface area (Å²) in [4.78, 5) is 0. The largest absolute Gasteiger partial charge is 0.379 e. The van der Waals surface area contributed by atoms with Gasteiger partial charge in [-0.2, -0.15) is 0 Å². The van der Waals surface area contributed by atoms with E-state index < -0.39 is 0 Å². The van der Waals surface area contributed by atoms with Crippen LogP contribution in [0.4, 0.5) is 5.69 Å². The van der Waals surface area contributed by atoms with Gasteiger partial charge in [0.25, 0.3) is 0 Å². The average molecular weight is 212 g/mol. The second-order valence-electron chi connectivity index (χ2n) is 3.46. The van der Waals surface area contributed by atoms with Crippen LogP contribution in [-0.4, -0.2) is 15.0 Å². The van der Waals surface area contributed by atoms with Crippen molar-refractivity contribution >= 4 is 5.69 Å². The summed E-state index contributed by atoms with van der Waals surface area (Å²) < 4.78 is 1.68. The number of nitrogens with one attached hydrogen (secondary N) is 1. The number of terminal acetylenes is 1. The third kappa shape index (κ3) is 2.39. The fourth-order valence-corrected chi connectivity index (χ4v) is 1.39. The number of anilines is 1. The molecule has 0 atom stereocenters. The molecule has 4 nitrogen and oxygen atoms in total. The molecule has 0 bridgehead atoms. The number of benzene rings is 1. The van der Waals surface area contributed by atoms with Gasteiger partial charge in [-0.05, 0) is 18.2 Å². The highest BCUT2D eigenvalue weighted by atomic mass is 15.4. The fourth-order valence-electron chi connectivity index (χ4n) is 1.39. The highest BCUT2D eigenvalue weighted by Crippen LogP contribution is 2.10. The normalized spacial score (nSPS) is 9.75. The number of hydrogen-bond acceptors (Lipinski definition) is 3. The highest BCUT2D eigenvalue weighted by molar-refractivity contribution is 5.49. The minimum Gasteiger partial charge on any atom is -0.379 e. The Kier molecular flexibility index (Phi) is 2.88. The van der Waals surface area contributed by atoms with Gasteiger partial charge in [-0.1, -0.05) is 17.2 Å². The van der Waals surface area contributed by atoms with Crippen LogP contribution in [0.25, 0.3) is 0 Å². The summed E-state index contributed by atoms with van der Waals surface area (Å²) in [7, 11) is 1.84. The van der Waals surface area contributed by atoms with Gasteiger partial charge in [0, 0.05) is 24.5 Å². The predicted octanol–water partition coefficient (Wildman–Crippen LogP) is 1.41. The molecule has 1 N–H and O–H groups in total. The maximum Gasteiger partial charge on any atom is 0.102 e. The summed E-state index contributed by atoms with van der Waals surface area (Å²) >= 11 is 0. The van der Waals surface area contributed by atoms with Crippen molar-refractivity contribution < 1.29 is 0 Å². The number of rotatable bonds is 3. The van der Waals surface area contributed by atoms with E-state index in [2.05, 4.69) is 21.5 Å². The molecule has 2 aromatic rings. The van der Waals surface area contributed by atoms with Gasteiger partial charge in [0.1, 0.15) is 5.69 Å². The maximum absolute atomic E-state index is 5.33. The van der Waals surface area contributed by atoms with E-state index in [0.29, 0.717) is 6.54 Å². The molecule has 0 saturated heterocycles. The van der Waals surface area contributed by atoms with Gasteiger partial charge in [-0.15, -0.1) is 11.5 Å². The summed E-state index contributed by atoms with van der Waals surface area (Å²) in [5, 5.41) is 11.1. The maximum atomic E-state index is 5.33. The Bertz CT molecular complexity index is 522. The molecule has 1 aromatic heterocycles. The molecular formula is C12H12N4. The van der Waals surface area contributed by atoms with Gasteiger partial charge in [0.15, 0.2) is 0 Å². The van der Waals surface area contributed by atoms with Crippen molar-refractivity contribution in [3.63, 3.8) is 0 Å². The summed E-state index contributed by atoms with van der Waals surface area (Å²) in [6, 6.07) is 7.72. The van der Waals surface area contributed by atoms with Crippen molar-refractivity contribution in [2.45, 2.75) is 6.54 Å². The predicted molar refractivity (Wildman–Crippen MR) is 62.7 cm³/mol. The number of aromatic nitrogens is 3. The molecule has 0 fully saturated rings. The molecule has 80 valence electrons. The lowest BCUT2D eigenvalue weighted by Crippen LogP contribution is -1.99. The van der Waals surface area contributed by atoms with E-state index in [1.165, 1.54) is 0 Å². The number of nitrogens with zero attached hydrogens (tertiary/aromatic N) is 3. The fraction of sp³-hybridized carbons (Fsp3) is 0.167. The van der Waals surface area contributed by atoms with E-state index in [-0.39, 0.29) is 0 Å². The Balaban J connectivity index is 2.02. The van der Waals surface area contributed by atoms with Crippen LogP contribution in [0.3, 0.4) is 0 Å². The molecule has 0 aliphatic heterocycles. The molecule has 1 heterocycles. The zero-order valence-corrected chi connectivity index (χ0v) is 9.01. The van der Waals surface area contributed by atoms with E-state index in [1.54, 1.807) is 4.68 Å². The van der Waals surface area contributed by atoms with Gasteiger partial charge in [-0.25, -0.2) is 0 Å². The standard InChI is InChI=1S/C12H12N4/c1-3-10-5-4-6-11(7-10)13-8-12-9-16(2)15-14-12/h1,4-7,9,13H,8H2,2H3. The topological polar surface area (TPSA) is 42.7 Å². The molecule has 1 aromatic carbocycles. The second-order valence-corrected chi connectivity index (χ2v) is 3.46. The Morgan fingerprint density at radius 1 is 1.50 bits per heavy atom. The first-order valence-corrected chi connectivity index (χ1v) is 4.93. The van der Waals surface area contributed by atoms with Crippen LogP contribution >= 0.6 is 0 Å². The van der Waals surface area contributed by atoms with Crippen molar-refractivity contribution in [2.75, 3.05) is 5.32 Å². The van der Waals surface area contributed by atoms with Gasteiger partial charge in [0.05, 0.1) is 6.54 Å². The van der Waals surface area contributed by atoms with Crippen LogP contribution in [0.5, 0.6) is 0 Å². The zero-order chi connectivity index (χ0) is 11.4. The SMILES string of the molecule is C#Cc1cccc(NCc2cn(C)nn2)c1. The lowest BCUT2D eigenvalue weighted by molar-refractivity contribution is 0.713. The summed E-state index contributed by atoms with van der Waals surface area (Å²) in [5.74, 6) is 2.60. The summed E-state index contributed by atoms with van der Waals surface area (Å²) in [5.41, 5.74) is 2.75.